The van der Waals surface area contributed by atoms with Crippen LogP contribution < -0.4 is 5.32 Å². The van der Waals surface area contributed by atoms with Crippen LogP contribution in [0, 0.1) is 0 Å². The summed E-state index contributed by atoms with van der Waals surface area (Å²) < 4.78 is 11.1. The molecule has 0 bridgehead atoms. The van der Waals surface area contributed by atoms with E-state index < -0.39 is 0 Å². The number of hydrogen-bond donors (Lipinski definition) is 1. The third-order valence-corrected chi connectivity index (χ3v) is 3.39. The summed E-state index contributed by atoms with van der Waals surface area (Å²) in [6.45, 7) is 10.4. The zero-order valence-electron chi connectivity index (χ0n) is 11.6. The number of furan rings is 1. The van der Waals surface area contributed by atoms with Gasteiger partial charge in [-0.05, 0) is 32.9 Å². The van der Waals surface area contributed by atoms with Crippen LogP contribution in [0.15, 0.2) is 22.8 Å². The molecule has 0 saturated carbocycles. The van der Waals surface area contributed by atoms with Gasteiger partial charge in [0.05, 0.1) is 25.0 Å². The molecule has 0 spiro atoms. The summed E-state index contributed by atoms with van der Waals surface area (Å²) >= 11 is 0. The lowest BCUT2D eigenvalue weighted by Gasteiger charge is -2.39. The van der Waals surface area contributed by atoms with Gasteiger partial charge >= 0.3 is 0 Å². The summed E-state index contributed by atoms with van der Waals surface area (Å²) in [4.78, 5) is 2.49. The molecular formula is C14H24N2O2. The smallest absolute Gasteiger partial charge is 0.117 e. The lowest BCUT2D eigenvalue weighted by Crippen LogP contribution is -2.51. The quantitative estimate of drug-likeness (QED) is 0.868. The number of rotatable bonds is 5. The fourth-order valence-corrected chi connectivity index (χ4v) is 2.52. The van der Waals surface area contributed by atoms with E-state index in [-0.39, 0.29) is 0 Å². The second-order valence-corrected chi connectivity index (χ2v) is 5.27. The number of morpholine rings is 1. The summed E-state index contributed by atoms with van der Waals surface area (Å²) in [6.07, 6.45) is 2.38. The Balaban J connectivity index is 1.72. The molecule has 1 saturated heterocycles. The molecule has 18 heavy (non-hydrogen) atoms. The molecule has 2 heterocycles. The molecule has 1 fully saturated rings. The van der Waals surface area contributed by atoms with Crippen molar-refractivity contribution in [2.75, 3.05) is 19.6 Å². The van der Waals surface area contributed by atoms with Gasteiger partial charge in [-0.25, -0.2) is 0 Å². The predicted octanol–water partition coefficient (Wildman–Crippen LogP) is 1.87. The van der Waals surface area contributed by atoms with Gasteiger partial charge < -0.3 is 14.5 Å². The maximum atomic E-state index is 5.75. The largest absolute Gasteiger partial charge is 0.468 e. The molecule has 3 atom stereocenters. The topological polar surface area (TPSA) is 37.6 Å². The van der Waals surface area contributed by atoms with E-state index in [1.54, 1.807) is 6.26 Å². The standard InChI is InChI=1S/C14H24N2O2/c1-11(7-15-8-14-5-4-6-17-14)16-9-12(2)18-13(3)10-16/h4-6,11-13,15H,7-10H2,1-3H3/t11?,12-,13+. The zero-order valence-corrected chi connectivity index (χ0v) is 11.6. The molecule has 1 aromatic rings. The van der Waals surface area contributed by atoms with Gasteiger partial charge in [0.15, 0.2) is 0 Å². The van der Waals surface area contributed by atoms with E-state index in [0.29, 0.717) is 18.2 Å². The van der Waals surface area contributed by atoms with Crippen LogP contribution in [-0.4, -0.2) is 42.8 Å². The van der Waals surface area contributed by atoms with Crippen molar-refractivity contribution in [3.8, 4) is 0 Å². The van der Waals surface area contributed by atoms with Crippen LogP contribution in [0.2, 0.25) is 0 Å². The fourth-order valence-electron chi connectivity index (χ4n) is 2.52. The summed E-state index contributed by atoms with van der Waals surface area (Å²) in [6, 6.07) is 4.44. The van der Waals surface area contributed by atoms with E-state index in [9.17, 15) is 0 Å². The van der Waals surface area contributed by atoms with Gasteiger partial charge in [0.2, 0.25) is 0 Å². The number of nitrogens with zero attached hydrogens (tertiary/aromatic N) is 1. The molecule has 4 heteroatoms. The Morgan fingerprint density at radius 2 is 2.11 bits per heavy atom. The normalized spacial score (nSPS) is 27.3. The highest BCUT2D eigenvalue weighted by atomic mass is 16.5. The molecule has 1 aliphatic heterocycles. The third kappa shape index (κ3) is 3.83. The molecule has 1 aliphatic rings. The Kier molecular flexibility index (Phi) is 4.80. The van der Waals surface area contributed by atoms with Gasteiger partial charge in [0.1, 0.15) is 5.76 Å². The van der Waals surface area contributed by atoms with Crippen molar-refractivity contribution in [3.05, 3.63) is 24.2 Å². The minimum Gasteiger partial charge on any atom is -0.468 e. The van der Waals surface area contributed by atoms with Crippen LogP contribution in [0.1, 0.15) is 26.5 Å². The van der Waals surface area contributed by atoms with Gasteiger partial charge in [-0.15, -0.1) is 0 Å². The fraction of sp³-hybridized carbons (Fsp3) is 0.714. The van der Waals surface area contributed by atoms with E-state index in [0.717, 1.165) is 31.9 Å². The van der Waals surface area contributed by atoms with Gasteiger partial charge in [-0.3, -0.25) is 4.90 Å². The summed E-state index contributed by atoms with van der Waals surface area (Å²) in [5, 5.41) is 3.44. The van der Waals surface area contributed by atoms with E-state index in [4.69, 9.17) is 9.15 Å². The molecule has 1 aromatic heterocycles. The first-order chi connectivity index (χ1) is 8.65. The average Bonchev–Trinajstić information content (AvgIpc) is 2.80. The lowest BCUT2D eigenvalue weighted by atomic mass is 10.1. The Labute approximate surface area is 109 Å². The predicted molar refractivity (Wildman–Crippen MR) is 71.5 cm³/mol. The zero-order chi connectivity index (χ0) is 13.0. The van der Waals surface area contributed by atoms with E-state index >= 15 is 0 Å². The summed E-state index contributed by atoms with van der Waals surface area (Å²) in [5.41, 5.74) is 0. The second-order valence-electron chi connectivity index (χ2n) is 5.27. The average molecular weight is 252 g/mol. The summed E-state index contributed by atoms with van der Waals surface area (Å²) in [5.74, 6) is 0.992. The van der Waals surface area contributed by atoms with Gasteiger partial charge in [0, 0.05) is 25.7 Å². The Bertz CT molecular complexity index is 330. The molecule has 1 N–H and O–H groups in total. The highest BCUT2D eigenvalue weighted by Gasteiger charge is 2.25. The minimum atomic E-state index is 0.335. The van der Waals surface area contributed by atoms with Gasteiger partial charge in [-0.2, -0.15) is 0 Å². The molecule has 0 amide bonds. The lowest BCUT2D eigenvalue weighted by molar-refractivity contribution is -0.0781. The minimum absolute atomic E-state index is 0.335. The van der Waals surface area contributed by atoms with Crippen molar-refractivity contribution >= 4 is 0 Å². The molecular weight excluding hydrogens is 228 g/mol. The van der Waals surface area contributed by atoms with Gasteiger partial charge in [-0.1, -0.05) is 0 Å². The molecule has 0 aromatic carbocycles. The first-order valence-electron chi connectivity index (χ1n) is 6.77. The molecule has 4 nitrogen and oxygen atoms in total. The number of hydrogen-bond acceptors (Lipinski definition) is 4. The van der Waals surface area contributed by atoms with Crippen molar-refractivity contribution in [1.29, 1.82) is 0 Å². The van der Waals surface area contributed by atoms with Crippen molar-refractivity contribution in [1.82, 2.24) is 10.2 Å². The van der Waals surface area contributed by atoms with Crippen LogP contribution in [0.4, 0.5) is 0 Å². The molecule has 1 unspecified atom stereocenters. The van der Waals surface area contributed by atoms with Crippen LogP contribution in [0.5, 0.6) is 0 Å². The van der Waals surface area contributed by atoms with Gasteiger partial charge in [0.25, 0.3) is 0 Å². The number of nitrogens with one attached hydrogen (secondary N) is 1. The van der Waals surface area contributed by atoms with Crippen molar-refractivity contribution in [3.63, 3.8) is 0 Å². The molecule has 2 rings (SSSR count). The Morgan fingerprint density at radius 1 is 1.39 bits per heavy atom. The molecule has 0 radical (unpaired) electrons. The second kappa shape index (κ2) is 6.36. The maximum absolute atomic E-state index is 5.75. The summed E-state index contributed by atoms with van der Waals surface area (Å²) in [7, 11) is 0. The SMILES string of the molecule is CC(CNCc1ccco1)N1C[C@@H](C)O[C@@H](C)C1. The monoisotopic (exact) mass is 252 g/mol. The highest BCUT2D eigenvalue weighted by molar-refractivity contribution is 4.97. The maximum Gasteiger partial charge on any atom is 0.117 e. The van der Waals surface area contributed by atoms with Crippen LogP contribution in [0.3, 0.4) is 0 Å². The van der Waals surface area contributed by atoms with Crippen LogP contribution in [0.25, 0.3) is 0 Å². The van der Waals surface area contributed by atoms with E-state index in [1.807, 2.05) is 12.1 Å². The number of ether oxygens (including phenoxy) is 1. The molecule has 0 aliphatic carbocycles. The van der Waals surface area contributed by atoms with E-state index in [1.165, 1.54) is 0 Å². The van der Waals surface area contributed by atoms with Crippen LogP contribution in [-0.2, 0) is 11.3 Å². The Morgan fingerprint density at radius 3 is 2.72 bits per heavy atom. The van der Waals surface area contributed by atoms with E-state index in [2.05, 4.69) is 31.0 Å². The van der Waals surface area contributed by atoms with Crippen molar-refractivity contribution in [2.24, 2.45) is 0 Å². The van der Waals surface area contributed by atoms with Crippen LogP contribution >= 0.6 is 0 Å². The first-order valence-corrected chi connectivity index (χ1v) is 6.77. The van der Waals surface area contributed by atoms with Crippen molar-refractivity contribution in [2.45, 2.75) is 45.6 Å². The highest BCUT2D eigenvalue weighted by Crippen LogP contribution is 2.13. The third-order valence-electron chi connectivity index (χ3n) is 3.39. The first kappa shape index (κ1) is 13.6. The molecule has 102 valence electrons. The van der Waals surface area contributed by atoms with Crippen molar-refractivity contribution < 1.29 is 9.15 Å². The Hall–Kier alpha value is -0.840.